The third-order valence-corrected chi connectivity index (χ3v) is 1.50. The van der Waals surface area contributed by atoms with Gasteiger partial charge in [0.1, 0.15) is 11.3 Å². The second kappa shape index (κ2) is 3.40. The molecule has 3 N–H and O–H groups in total. The van der Waals surface area contributed by atoms with E-state index >= 15 is 0 Å². The number of nitrogen functional groups attached to an aromatic ring is 1. The molecule has 0 bridgehead atoms. The summed E-state index contributed by atoms with van der Waals surface area (Å²) in [6, 6.07) is 0.599. The maximum absolute atomic E-state index is 12.1. The molecular formula is C6H5F2N3O3. The van der Waals surface area contributed by atoms with Gasteiger partial charge in [-0.25, -0.2) is 18.6 Å². The van der Waals surface area contributed by atoms with E-state index in [-0.39, 0.29) is 0 Å². The topological polar surface area (TPSA) is 102 Å². The summed E-state index contributed by atoms with van der Waals surface area (Å²) in [6.45, 7) is 0. The summed E-state index contributed by atoms with van der Waals surface area (Å²) < 4.78 is 24.2. The van der Waals surface area contributed by atoms with Gasteiger partial charge in [0.2, 0.25) is 0 Å². The third kappa shape index (κ3) is 1.68. The van der Waals surface area contributed by atoms with E-state index in [1.54, 1.807) is 4.98 Å². The lowest BCUT2D eigenvalue weighted by molar-refractivity contribution is -0.388. The largest absolute Gasteiger partial charge is 0.392 e. The van der Waals surface area contributed by atoms with Gasteiger partial charge in [0.05, 0.1) is 0 Å². The van der Waals surface area contributed by atoms with Gasteiger partial charge in [0.25, 0.3) is 6.43 Å². The average Bonchev–Trinajstić information content (AvgIpc) is 2.07. The van der Waals surface area contributed by atoms with E-state index in [9.17, 15) is 23.7 Å². The second-order valence-corrected chi connectivity index (χ2v) is 2.42. The van der Waals surface area contributed by atoms with Crippen molar-refractivity contribution in [3.05, 3.63) is 32.1 Å². The maximum atomic E-state index is 12.1. The number of pyridine rings is 1. The van der Waals surface area contributed by atoms with Crippen LogP contribution in [-0.2, 0) is 0 Å². The van der Waals surface area contributed by atoms with Gasteiger partial charge in [-0.1, -0.05) is 0 Å². The average molecular weight is 205 g/mol. The fraction of sp³-hybridized carbons (Fsp3) is 0.167. The first-order valence-corrected chi connectivity index (χ1v) is 3.38. The Kier molecular flexibility index (Phi) is 2.45. The number of rotatable bonds is 2. The van der Waals surface area contributed by atoms with Crippen LogP contribution < -0.4 is 11.3 Å². The lowest BCUT2D eigenvalue weighted by Gasteiger charge is -2.00. The minimum atomic E-state index is -3.01. The summed E-state index contributed by atoms with van der Waals surface area (Å²) in [4.78, 5) is 21.8. The Morgan fingerprint density at radius 2 is 2.14 bits per heavy atom. The standard InChI is InChI=1S/C6H5F2N3O3/c7-4(8)2-1-3(9)5(11(13)14)10-6(2)12/h1,4H,9H2,(H,10,12). The SMILES string of the molecule is Nc1cc(C(F)F)c(=O)[nH]c1[N+](=O)[O-]. The van der Waals surface area contributed by atoms with E-state index in [1.807, 2.05) is 0 Å². The number of nitrogens with two attached hydrogens (primary N) is 1. The number of hydrogen-bond donors (Lipinski definition) is 2. The highest BCUT2D eigenvalue weighted by Crippen LogP contribution is 2.21. The van der Waals surface area contributed by atoms with Gasteiger partial charge < -0.3 is 15.8 Å². The molecule has 0 amide bonds. The molecule has 0 radical (unpaired) electrons. The molecule has 0 spiro atoms. The van der Waals surface area contributed by atoms with Crippen molar-refractivity contribution in [3.63, 3.8) is 0 Å². The summed E-state index contributed by atoms with van der Waals surface area (Å²) in [6.07, 6.45) is -3.01. The number of halogens is 2. The number of aromatic amines is 1. The maximum Gasteiger partial charge on any atom is 0.346 e. The molecule has 0 aliphatic heterocycles. The molecule has 1 aromatic heterocycles. The van der Waals surface area contributed by atoms with Crippen LogP contribution in [0.25, 0.3) is 0 Å². The summed E-state index contributed by atoms with van der Waals surface area (Å²) >= 11 is 0. The molecule has 14 heavy (non-hydrogen) atoms. The molecule has 0 saturated carbocycles. The van der Waals surface area contributed by atoms with Crippen LogP contribution in [0.4, 0.5) is 20.3 Å². The first-order chi connectivity index (χ1) is 6.43. The zero-order valence-corrected chi connectivity index (χ0v) is 6.66. The molecule has 76 valence electrons. The predicted octanol–water partition coefficient (Wildman–Crippen LogP) is 0.803. The molecule has 0 aromatic carbocycles. The summed E-state index contributed by atoms with van der Waals surface area (Å²) in [7, 11) is 0. The monoisotopic (exact) mass is 205 g/mol. The normalized spacial score (nSPS) is 10.5. The highest BCUT2D eigenvalue weighted by molar-refractivity contribution is 5.54. The van der Waals surface area contributed by atoms with Crippen LogP contribution in [-0.4, -0.2) is 9.91 Å². The lowest BCUT2D eigenvalue weighted by Crippen LogP contribution is -2.16. The van der Waals surface area contributed by atoms with Gasteiger partial charge in [0.15, 0.2) is 0 Å². The third-order valence-electron chi connectivity index (χ3n) is 1.50. The molecule has 1 rings (SSSR count). The molecule has 6 nitrogen and oxygen atoms in total. The highest BCUT2D eigenvalue weighted by Gasteiger charge is 2.20. The number of nitrogens with zero attached hydrogens (tertiary/aromatic N) is 1. The minimum Gasteiger partial charge on any atom is -0.392 e. The molecular weight excluding hydrogens is 200 g/mol. The number of H-pyrrole nitrogens is 1. The van der Waals surface area contributed by atoms with Crippen molar-refractivity contribution in [3.8, 4) is 0 Å². The molecule has 1 aromatic rings. The van der Waals surface area contributed by atoms with Crippen molar-refractivity contribution >= 4 is 11.5 Å². The van der Waals surface area contributed by atoms with E-state index in [4.69, 9.17) is 5.73 Å². The molecule has 0 unspecified atom stereocenters. The van der Waals surface area contributed by atoms with Gasteiger partial charge in [-0.2, -0.15) is 0 Å². The summed E-state index contributed by atoms with van der Waals surface area (Å²) in [5.74, 6) is -0.778. The van der Waals surface area contributed by atoms with Crippen LogP contribution in [0.1, 0.15) is 12.0 Å². The number of alkyl halides is 2. The highest BCUT2D eigenvalue weighted by atomic mass is 19.3. The number of aromatic nitrogens is 1. The first-order valence-electron chi connectivity index (χ1n) is 3.38. The van der Waals surface area contributed by atoms with Crippen molar-refractivity contribution < 1.29 is 13.7 Å². The van der Waals surface area contributed by atoms with Crippen LogP contribution in [0.3, 0.4) is 0 Å². The van der Waals surface area contributed by atoms with Gasteiger partial charge in [-0.3, -0.25) is 0 Å². The summed E-state index contributed by atoms with van der Waals surface area (Å²) in [5.41, 5.74) is 2.50. The molecule has 8 heteroatoms. The lowest BCUT2D eigenvalue weighted by atomic mass is 10.2. The zero-order chi connectivity index (χ0) is 10.9. The van der Waals surface area contributed by atoms with Gasteiger partial charge >= 0.3 is 11.4 Å². The second-order valence-electron chi connectivity index (χ2n) is 2.42. The van der Waals surface area contributed by atoms with Gasteiger partial charge in [-0.15, -0.1) is 0 Å². The van der Waals surface area contributed by atoms with Crippen molar-refractivity contribution in [1.29, 1.82) is 0 Å². The zero-order valence-electron chi connectivity index (χ0n) is 6.66. The smallest absolute Gasteiger partial charge is 0.346 e. The van der Waals surface area contributed by atoms with Crippen LogP contribution in [0.2, 0.25) is 0 Å². The van der Waals surface area contributed by atoms with E-state index < -0.39 is 34.0 Å². The van der Waals surface area contributed by atoms with Crippen molar-refractivity contribution in [1.82, 2.24) is 4.98 Å². The number of hydrogen-bond acceptors (Lipinski definition) is 4. The van der Waals surface area contributed by atoms with Crippen molar-refractivity contribution in [2.75, 3.05) is 5.73 Å². The fourth-order valence-electron chi connectivity index (χ4n) is 0.866. The number of nitrogens with one attached hydrogen (secondary N) is 1. The van der Waals surface area contributed by atoms with E-state index in [1.165, 1.54) is 0 Å². The van der Waals surface area contributed by atoms with Crippen LogP contribution in [0.5, 0.6) is 0 Å². The Morgan fingerprint density at radius 3 is 2.57 bits per heavy atom. The van der Waals surface area contributed by atoms with E-state index in [0.29, 0.717) is 6.07 Å². The molecule has 0 aliphatic carbocycles. The van der Waals surface area contributed by atoms with Crippen molar-refractivity contribution in [2.24, 2.45) is 0 Å². The Morgan fingerprint density at radius 1 is 1.57 bits per heavy atom. The Labute approximate surface area is 75.5 Å². The summed E-state index contributed by atoms with van der Waals surface area (Å²) in [5, 5.41) is 10.2. The molecule has 0 fully saturated rings. The molecule has 0 saturated heterocycles. The van der Waals surface area contributed by atoms with Crippen LogP contribution in [0.15, 0.2) is 10.9 Å². The molecule has 1 heterocycles. The van der Waals surface area contributed by atoms with Crippen molar-refractivity contribution in [2.45, 2.75) is 6.43 Å². The fourth-order valence-corrected chi connectivity index (χ4v) is 0.866. The quantitative estimate of drug-likeness (QED) is 0.550. The number of anilines is 1. The van der Waals surface area contributed by atoms with E-state index in [0.717, 1.165) is 0 Å². The Hall–Kier alpha value is -1.99. The van der Waals surface area contributed by atoms with E-state index in [2.05, 4.69) is 0 Å². The van der Waals surface area contributed by atoms with Gasteiger partial charge in [-0.05, 0) is 11.0 Å². The Balaban J connectivity index is 3.39. The van der Waals surface area contributed by atoms with Crippen LogP contribution >= 0.6 is 0 Å². The van der Waals surface area contributed by atoms with Crippen LogP contribution in [0, 0.1) is 10.1 Å². The first kappa shape index (κ1) is 10.1. The Bertz CT molecular complexity index is 429. The molecule has 0 aliphatic rings. The molecule has 0 atom stereocenters. The van der Waals surface area contributed by atoms with Gasteiger partial charge in [0, 0.05) is 0 Å². The number of nitro groups is 1. The predicted molar refractivity (Wildman–Crippen MR) is 43.1 cm³/mol. The minimum absolute atomic E-state index is 0.495.